The first-order chi connectivity index (χ1) is 15.7. The molecule has 0 saturated carbocycles. The largest absolute Gasteiger partial charge is 0.465 e. The van der Waals surface area contributed by atoms with Crippen LogP contribution in [-0.4, -0.2) is 22.1 Å². The zero-order valence-corrected chi connectivity index (χ0v) is 17.2. The van der Waals surface area contributed by atoms with Crippen LogP contribution >= 0.6 is 0 Å². The Morgan fingerprint density at radius 3 is 2.52 bits per heavy atom. The van der Waals surface area contributed by atoms with Gasteiger partial charge in [0.2, 0.25) is 5.91 Å². The normalized spacial score (nSPS) is 11.0. The van der Waals surface area contributed by atoms with Crippen molar-refractivity contribution >= 4 is 17.7 Å². The zero-order valence-electron chi connectivity index (χ0n) is 17.2. The molecule has 3 rings (SSSR count). The highest BCUT2D eigenvalue weighted by atomic mass is 19.4. The second-order valence-electron chi connectivity index (χ2n) is 7.02. The number of halogens is 3. The number of aryl methyl sites for hydroxylation is 1. The maximum absolute atomic E-state index is 12.8. The number of hydrogen-bond acceptors (Lipinski definition) is 4. The molecule has 0 unspecified atom stereocenters. The highest BCUT2D eigenvalue weighted by Crippen LogP contribution is 2.30. The van der Waals surface area contributed by atoms with Crippen molar-refractivity contribution in [2.45, 2.75) is 25.6 Å². The summed E-state index contributed by atoms with van der Waals surface area (Å²) in [5.74, 6) is 0.561. The van der Waals surface area contributed by atoms with E-state index in [0.29, 0.717) is 23.6 Å². The van der Waals surface area contributed by atoms with Gasteiger partial charge in [-0.05, 0) is 48.4 Å². The number of hydrogen-bond donors (Lipinski definition) is 3. The summed E-state index contributed by atoms with van der Waals surface area (Å²) >= 11 is 0. The van der Waals surface area contributed by atoms with Gasteiger partial charge in [-0.25, -0.2) is 4.79 Å². The van der Waals surface area contributed by atoms with Gasteiger partial charge in [-0.2, -0.15) is 13.2 Å². The molecule has 0 aliphatic rings. The van der Waals surface area contributed by atoms with Gasteiger partial charge < -0.3 is 20.5 Å². The average Bonchev–Trinajstić information content (AvgIpc) is 2.76. The minimum Gasteiger partial charge on any atom is -0.465 e. The smallest absolute Gasteiger partial charge is 0.416 e. The molecule has 0 bridgehead atoms. The summed E-state index contributed by atoms with van der Waals surface area (Å²) in [6, 6.07) is 14.7. The number of aromatic nitrogens is 1. The second-order valence-corrected chi connectivity index (χ2v) is 7.02. The van der Waals surface area contributed by atoms with E-state index in [0.717, 1.165) is 17.7 Å². The Kier molecular flexibility index (Phi) is 7.50. The third-order valence-electron chi connectivity index (χ3n) is 4.46. The van der Waals surface area contributed by atoms with Crippen molar-refractivity contribution in [3.05, 3.63) is 83.7 Å². The number of nitrogens with one attached hydrogen (secondary N) is 2. The molecular formula is C23H20F3N3O4. The molecule has 172 valence electrons. The highest BCUT2D eigenvalue weighted by molar-refractivity contribution is 5.90. The monoisotopic (exact) mass is 459 g/mol. The topological polar surface area (TPSA) is 101 Å². The molecule has 33 heavy (non-hydrogen) atoms. The molecule has 0 atom stereocenters. The van der Waals surface area contributed by atoms with Crippen LogP contribution in [0.15, 0.2) is 66.9 Å². The Morgan fingerprint density at radius 2 is 1.76 bits per heavy atom. The van der Waals surface area contributed by atoms with E-state index in [-0.39, 0.29) is 18.7 Å². The molecule has 0 radical (unpaired) electrons. The fourth-order valence-electron chi connectivity index (χ4n) is 2.94. The lowest BCUT2D eigenvalue weighted by molar-refractivity contribution is -0.137. The molecule has 1 aromatic heterocycles. The number of ether oxygens (including phenoxy) is 1. The van der Waals surface area contributed by atoms with Crippen LogP contribution in [0.1, 0.15) is 23.2 Å². The maximum atomic E-state index is 12.8. The fourth-order valence-corrected chi connectivity index (χ4v) is 2.94. The summed E-state index contributed by atoms with van der Waals surface area (Å²) in [6.07, 6.45) is -3.72. The number of amides is 2. The van der Waals surface area contributed by atoms with Crippen molar-refractivity contribution in [1.82, 2.24) is 10.3 Å². The number of alkyl halides is 3. The van der Waals surface area contributed by atoms with Crippen molar-refractivity contribution < 1.29 is 32.6 Å². The molecule has 0 saturated heterocycles. The number of anilines is 1. The SMILES string of the molecule is O=C(O)NCc1cc(Oc2cccc(CCC(=O)Nc3cccc(C(F)(F)F)c3)c2)ccn1. The Balaban J connectivity index is 1.57. The van der Waals surface area contributed by atoms with Crippen molar-refractivity contribution in [3.8, 4) is 11.5 Å². The first-order valence-corrected chi connectivity index (χ1v) is 9.85. The Hall–Kier alpha value is -4.08. The van der Waals surface area contributed by atoms with Crippen molar-refractivity contribution in [3.63, 3.8) is 0 Å². The number of rotatable bonds is 8. The summed E-state index contributed by atoms with van der Waals surface area (Å²) in [5, 5.41) is 13.4. The molecule has 0 aliphatic heterocycles. The van der Waals surface area contributed by atoms with Gasteiger partial charge in [0.25, 0.3) is 0 Å². The van der Waals surface area contributed by atoms with Crippen LogP contribution in [0.3, 0.4) is 0 Å². The number of pyridine rings is 1. The minimum atomic E-state index is -4.48. The molecule has 0 spiro atoms. The average molecular weight is 459 g/mol. The number of carboxylic acid groups (broad SMARTS) is 1. The van der Waals surface area contributed by atoms with Gasteiger partial charge in [0.1, 0.15) is 11.5 Å². The summed E-state index contributed by atoms with van der Waals surface area (Å²) < 4.78 is 44.2. The van der Waals surface area contributed by atoms with Crippen LogP contribution in [0.25, 0.3) is 0 Å². The molecule has 7 nitrogen and oxygen atoms in total. The minimum absolute atomic E-state index is 0.0353. The number of carbonyl (C=O) groups excluding carboxylic acids is 1. The molecule has 10 heteroatoms. The van der Waals surface area contributed by atoms with Crippen LogP contribution < -0.4 is 15.4 Å². The predicted octanol–water partition coefficient (Wildman–Crippen LogP) is 5.23. The van der Waals surface area contributed by atoms with E-state index in [4.69, 9.17) is 9.84 Å². The quantitative estimate of drug-likeness (QED) is 0.428. The van der Waals surface area contributed by atoms with E-state index in [9.17, 15) is 22.8 Å². The van der Waals surface area contributed by atoms with E-state index in [1.807, 2.05) is 0 Å². The van der Waals surface area contributed by atoms with E-state index in [1.54, 1.807) is 36.4 Å². The number of carbonyl (C=O) groups is 2. The van der Waals surface area contributed by atoms with Crippen LogP contribution in [-0.2, 0) is 23.9 Å². The van der Waals surface area contributed by atoms with Crippen LogP contribution in [0, 0.1) is 0 Å². The van der Waals surface area contributed by atoms with Crippen molar-refractivity contribution in [2.75, 3.05) is 5.32 Å². The summed E-state index contributed by atoms with van der Waals surface area (Å²) in [7, 11) is 0. The number of benzene rings is 2. The van der Waals surface area contributed by atoms with E-state index in [2.05, 4.69) is 15.6 Å². The van der Waals surface area contributed by atoms with Crippen LogP contribution in [0.4, 0.5) is 23.7 Å². The lowest BCUT2D eigenvalue weighted by Crippen LogP contribution is -2.20. The summed E-state index contributed by atoms with van der Waals surface area (Å²) in [5.41, 5.74) is 0.534. The van der Waals surface area contributed by atoms with Gasteiger partial charge >= 0.3 is 12.3 Å². The van der Waals surface area contributed by atoms with E-state index in [1.165, 1.54) is 18.3 Å². The predicted molar refractivity (Wildman–Crippen MR) is 114 cm³/mol. The van der Waals surface area contributed by atoms with Crippen LogP contribution in [0.5, 0.6) is 11.5 Å². The van der Waals surface area contributed by atoms with Gasteiger partial charge in [0, 0.05) is 24.4 Å². The molecule has 1 heterocycles. The Morgan fingerprint density at radius 1 is 1.00 bits per heavy atom. The first kappa shape index (κ1) is 23.6. The van der Waals surface area contributed by atoms with Gasteiger partial charge in [-0.1, -0.05) is 18.2 Å². The molecular weight excluding hydrogens is 439 g/mol. The van der Waals surface area contributed by atoms with E-state index >= 15 is 0 Å². The maximum Gasteiger partial charge on any atom is 0.416 e. The summed E-state index contributed by atoms with van der Waals surface area (Å²) in [6.45, 7) is 0.0353. The molecule has 2 amide bonds. The molecule has 3 aromatic rings. The lowest BCUT2D eigenvalue weighted by atomic mass is 10.1. The summed E-state index contributed by atoms with van der Waals surface area (Å²) in [4.78, 5) is 26.9. The molecule has 0 fully saturated rings. The highest BCUT2D eigenvalue weighted by Gasteiger charge is 2.30. The third-order valence-corrected chi connectivity index (χ3v) is 4.46. The van der Waals surface area contributed by atoms with E-state index < -0.39 is 23.7 Å². The van der Waals surface area contributed by atoms with Gasteiger partial charge in [0.05, 0.1) is 17.8 Å². The Bertz CT molecular complexity index is 1140. The zero-order chi connectivity index (χ0) is 23.8. The van der Waals surface area contributed by atoms with Gasteiger partial charge in [-0.3, -0.25) is 9.78 Å². The second kappa shape index (κ2) is 10.5. The molecule has 3 N–H and O–H groups in total. The van der Waals surface area contributed by atoms with Gasteiger partial charge in [0.15, 0.2) is 0 Å². The molecule has 0 aliphatic carbocycles. The number of nitrogens with zero attached hydrogens (tertiary/aromatic N) is 1. The first-order valence-electron chi connectivity index (χ1n) is 9.85. The van der Waals surface area contributed by atoms with Crippen molar-refractivity contribution in [1.29, 1.82) is 0 Å². The standard InChI is InChI=1S/C23H20F3N3O4/c24-23(25,26)16-4-2-5-17(12-16)29-21(30)8-7-15-3-1-6-19(11-15)33-20-9-10-27-18(13-20)14-28-22(31)32/h1-6,9-13,28H,7-8,14H2,(H,29,30)(H,31,32). The molecule has 2 aromatic carbocycles. The fraction of sp³-hybridized carbons (Fsp3) is 0.174. The Labute approximate surface area is 187 Å². The van der Waals surface area contributed by atoms with Crippen molar-refractivity contribution in [2.24, 2.45) is 0 Å². The van der Waals surface area contributed by atoms with Gasteiger partial charge in [-0.15, -0.1) is 0 Å². The lowest BCUT2D eigenvalue weighted by Gasteiger charge is -2.11. The van der Waals surface area contributed by atoms with Crippen LogP contribution in [0.2, 0.25) is 0 Å². The third kappa shape index (κ3) is 7.53.